The van der Waals surface area contributed by atoms with Crippen molar-refractivity contribution in [1.82, 2.24) is 9.80 Å². The molecule has 1 aliphatic heterocycles. The van der Waals surface area contributed by atoms with Crippen LogP contribution in [0.25, 0.3) is 0 Å². The number of nitriles is 1. The predicted octanol–water partition coefficient (Wildman–Crippen LogP) is 2.88. The summed E-state index contributed by atoms with van der Waals surface area (Å²) in [5.41, 5.74) is 0.643. The Labute approximate surface area is 157 Å². The van der Waals surface area contributed by atoms with Gasteiger partial charge in [-0.25, -0.2) is 0 Å². The van der Waals surface area contributed by atoms with Crippen molar-refractivity contribution in [3.63, 3.8) is 0 Å². The van der Waals surface area contributed by atoms with Gasteiger partial charge in [-0.2, -0.15) is 5.26 Å². The highest BCUT2D eigenvalue weighted by Crippen LogP contribution is 2.33. The van der Waals surface area contributed by atoms with E-state index in [2.05, 4.69) is 40.1 Å². The Morgan fingerprint density at radius 1 is 1.12 bits per heavy atom. The first-order chi connectivity index (χ1) is 12.6. The molecule has 140 valence electrons. The summed E-state index contributed by atoms with van der Waals surface area (Å²) < 4.78 is 0. The molecule has 3 rings (SSSR count). The first-order valence-corrected chi connectivity index (χ1v) is 9.80. The predicted molar refractivity (Wildman–Crippen MR) is 104 cm³/mol. The third-order valence-electron chi connectivity index (χ3n) is 6.20. The summed E-state index contributed by atoms with van der Waals surface area (Å²) in [6.45, 7) is 5.58. The topological polar surface area (TPSA) is 50.6 Å². The standard InChI is InChI=1S/C21H30N4O/c1-18(20(26)23(2)21(17-22)11-7-4-8-12-21)24-13-15-25(16-14-24)19-9-5-3-6-10-19/h3,5-6,9-10,18H,4,7-8,11-16H2,1-2H3/t18-/m0/s1. The molecule has 1 amide bonds. The molecule has 1 saturated heterocycles. The van der Waals surface area contributed by atoms with Crippen LogP contribution in [-0.2, 0) is 4.79 Å². The molecule has 2 aliphatic rings. The van der Waals surface area contributed by atoms with Crippen molar-refractivity contribution in [2.24, 2.45) is 0 Å². The van der Waals surface area contributed by atoms with Crippen LogP contribution in [0.4, 0.5) is 5.69 Å². The van der Waals surface area contributed by atoms with E-state index in [0.29, 0.717) is 0 Å². The Morgan fingerprint density at radius 3 is 2.31 bits per heavy atom. The molecular formula is C21H30N4O. The normalized spacial score (nSPS) is 21.7. The van der Waals surface area contributed by atoms with Crippen molar-refractivity contribution in [2.45, 2.75) is 50.6 Å². The lowest BCUT2D eigenvalue weighted by Gasteiger charge is -2.43. The number of rotatable bonds is 4. The number of amides is 1. The lowest BCUT2D eigenvalue weighted by Crippen LogP contribution is -2.58. The second-order valence-electron chi connectivity index (χ2n) is 7.64. The minimum atomic E-state index is -0.602. The van der Waals surface area contributed by atoms with Gasteiger partial charge in [0.25, 0.3) is 0 Å². The summed E-state index contributed by atoms with van der Waals surface area (Å²) in [5, 5.41) is 9.75. The molecule has 0 unspecified atom stereocenters. The van der Waals surface area contributed by atoms with E-state index < -0.39 is 5.54 Å². The summed E-state index contributed by atoms with van der Waals surface area (Å²) in [5.74, 6) is 0.0848. The molecule has 0 radical (unpaired) electrons. The fourth-order valence-corrected chi connectivity index (χ4v) is 4.31. The van der Waals surface area contributed by atoms with Crippen LogP contribution in [0.2, 0.25) is 0 Å². The largest absolute Gasteiger partial charge is 0.369 e. The Bertz CT molecular complexity index is 640. The quantitative estimate of drug-likeness (QED) is 0.834. The van der Waals surface area contributed by atoms with Gasteiger partial charge in [0.05, 0.1) is 12.1 Å². The SMILES string of the molecule is C[C@@H](C(=O)N(C)C1(C#N)CCCCC1)N1CCN(c2ccccc2)CC1. The van der Waals surface area contributed by atoms with E-state index in [1.54, 1.807) is 4.90 Å². The first-order valence-electron chi connectivity index (χ1n) is 9.80. The summed E-state index contributed by atoms with van der Waals surface area (Å²) in [6, 6.07) is 12.7. The summed E-state index contributed by atoms with van der Waals surface area (Å²) in [6.07, 6.45) is 4.85. The van der Waals surface area contributed by atoms with Crippen molar-refractivity contribution in [3.8, 4) is 6.07 Å². The lowest BCUT2D eigenvalue weighted by molar-refractivity contribution is -0.140. The Morgan fingerprint density at radius 2 is 1.73 bits per heavy atom. The Hall–Kier alpha value is -2.06. The maximum absolute atomic E-state index is 13.1. The summed E-state index contributed by atoms with van der Waals surface area (Å²) in [4.78, 5) is 19.5. The number of carbonyl (C=O) groups excluding carboxylic acids is 1. The van der Waals surface area contributed by atoms with E-state index in [4.69, 9.17) is 0 Å². The van der Waals surface area contributed by atoms with Gasteiger partial charge in [-0.15, -0.1) is 0 Å². The average Bonchev–Trinajstić information content (AvgIpc) is 2.73. The number of nitrogens with zero attached hydrogens (tertiary/aromatic N) is 4. The molecule has 1 aromatic rings. The molecule has 1 aliphatic carbocycles. The number of piperazine rings is 1. The van der Waals surface area contributed by atoms with Gasteiger partial charge in [0.2, 0.25) is 5.91 Å². The summed E-state index contributed by atoms with van der Waals surface area (Å²) >= 11 is 0. The number of hydrogen-bond acceptors (Lipinski definition) is 4. The highest BCUT2D eigenvalue weighted by Gasteiger charge is 2.41. The lowest BCUT2D eigenvalue weighted by atomic mass is 9.81. The zero-order chi connectivity index (χ0) is 18.6. The average molecular weight is 354 g/mol. The molecule has 1 atom stereocenters. The number of likely N-dealkylation sites (N-methyl/N-ethyl adjacent to an activating group) is 1. The van der Waals surface area contributed by atoms with Crippen LogP contribution in [0.5, 0.6) is 0 Å². The number of carbonyl (C=O) groups is 1. The maximum Gasteiger partial charge on any atom is 0.240 e. The van der Waals surface area contributed by atoms with Crippen molar-refractivity contribution in [3.05, 3.63) is 30.3 Å². The summed E-state index contributed by atoms with van der Waals surface area (Å²) in [7, 11) is 1.83. The van der Waals surface area contributed by atoms with Crippen LogP contribution in [0.3, 0.4) is 0 Å². The van der Waals surface area contributed by atoms with Gasteiger partial charge in [0.15, 0.2) is 0 Å². The molecule has 5 nitrogen and oxygen atoms in total. The van der Waals surface area contributed by atoms with E-state index >= 15 is 0 Å². The minimum Gasteiger partial charge on any atom is -0.369 e. The highest BCUT2D eigenvalue weighted by atomic mass is 16.2. The molecule has 1 saturated carbocycles. The number of hydrogen-bond donors (Lipinski definition) is 0. The second kappa shape index (κ2) is 8.09. The Kier molecular flexibility index (Phi) is 5.83. The van der Waals surface area contributed by atoms with E-state index in [1.807, 2.05) is 20.0 Å². The molecule has 0 bridgehead atoms. The molecular weight excluding hydrogens is 324 g/mol. The van der Waals surface area contributed by atoms with Gasteiger partial charge in [-0.05, 0) is 31.9 Å². The smallest absolute Gasteiger partial charge is 0.240 e. The van der Waals surface area contributed by atoms with Gasteiger partial charge in [0.1, 0.15) is 5.54 Å². The molecule has 0 aromatic heterocycles. The van der Waals surface area contributed by atoms with Gasteiger partial charge >= 0.3 is 0 Å². The molecule has 1 heterocycles. The van der Waals surface area contributed by atoms with Crippen molar-refractivity contribution in [1.29, 1.82) is 5.26 Å². The molecule has 0 spiro atoms. The van der Waals surface area contributed by atoms with E-state index in [-0.39, 0.29) is 11.9 Å². The van der Waals surface area contributed by atoms with Gasteiger partial charge in [0, 0.05) is 38.9 Å². The third kappa shape index (κ3) is 3.71. The molecule has 26 heavy (non-hydrogen) atoms. The van der Waals surface area contributed by atoms with Crippen LogP contribution in [0, 0.1) is 11.3 Å². The van der Waals surface area contributed by atoms with E-state index in [9.17, 15) is 10.1 Å². The number of benzene rings is 1. The van der Waals surface area contributed by atoms with Crippen LogP contribution in [-0.4, -0.2) is 60.5 Å². The highest BCUT2D eigenvalue weighted by molar-refractivity contribution is 5.82. The van der Waals surface area contributed by atoms with Crippen molar-refractivity contribution in [2.75, 3.05) is 38.1 Å². The zero-order valence-corrected chi connectivity index (χ0v) is 16.0. The van der Waals surface area contributed by atoms with Crippen LogP contribution < -0.4 is 4.90 Å². The first kappa shape index (κ1) is 18.7. The van der Waals surface area contributed by atoms with Gasteiger partial charge in [-0.3, -0.25) is 9.69 Å². The maximum atomic E-state index is 13.1. The van der Waals surface area contributed by atoms with Crippen molar-refractivity contribution >= 4 is 11.6 Å². The monoisotopic (exact) mass is 354 g/mol. The van der Waals surface area contributed by atoms with E-state index in [1.165, 1.54) is 12.1 Å². The van der Waals surface area contributed by atoms with Crippen LogP contribution >= 0.6 is 0 Å². The Balaban J connectivity index is 1.60. The van der Waals surface area contributed by atoms with Crippen LogP contribution in [0.15, 0.2) is 30.3 Å². The number of anilines is 1. The van der Waals surface area contributed by atoms with Gasteiger partial charge < -0.3 is 9.80 Å². The fourth-order valence-electron chi connectivity index (χ4n) is 4.31. The fraction of sp³-hybridized carbons (Fsp3) is 0.619. The third-order valence-corrected chi connectivity index (χ3v) is 6.20. The van der Waals surface area contributed by atoms with Crippen molar-refractivity contribution < 1.29 is 4.79 Å². The van der Waals surface area contributed by atoms with E-state index in [0.717, 1.165) is 51.9 Å². The molecule has 0 N–H and O–H groups in total. The molecule has 1 aromatic carbocycles. The number of para-hydroxylation sites is 1. The minimum absolute atomic E-state index is 0.0848. The zero-order valence-electron chi connectivity index (χ0n) is 16.0. The van der Waals surface area contributed by atoms with Crippen LogP contribution in [0.1, 0.15) is 39.0 Å². The second-order valence-corrected chi connectivity index (χ2v) is 7.64. The molecule has 2 fully saturated rings. The molecule has 5 heteroatoms. The van der Waals surface area contributed by atoms with Gasteiger partial charge in [-0.1, -0.05) is 37.5 Å².